The van der Waals surface area contributed by atoms with Crippen LogP contribution >= 0.6 is 0 Å². The highest BCUT2D eigenvalue weighted by atomic mass is 16.7. The summed E-state index contributed by atoms with van der Waals surface area (Å²) in [5, 5.41) is 27.0. The smallest absolute Gasteiger partial charge is 0.280 e. The van der Waals surface area contributed by atoms with Crippen molar-refractivity contribution in [2.45, 2.75) is 0 Å². The van der Waals surface area contributed by atoms with Gasteiger partial charge in [0.25, 0.3) is 11.6 Å². The van der Waals surface area contributed by atoms with E-state index in [0.29, 0.717) is 5.56 Å². The van der Waals surface area contributed by atoms with Crippen molar-refractivity contribution in [3.8, 4) is 11.3 Å². The van der Waals surface area contributed by atoms with Crippen molar-refractivity contribution in [2.24, 2.45) is 15.9 Å². The highest BCUT2D eigenvalue weighted by Crippen LogP contribution is 2.30. The molecule has 1 aromatic heterocycles. The van der Waals surface area contributed by atoms with Crippen LogP contribution in [0.1, 0.15) is 5.76 Å². The SMILES string of the molecule is N/C(=N\N=C/c1ccc(-c2ccccc2[N+](=O)[O-])o1)N[N+](=O)[O-]. The summed E-state index contributed by atoms with van der Waals surface area (Å²) >= 11 is 0. The highest BCUT2D eigenvalue weighted by molar-refractivity contribution is 5.81. The van der Waals surface area contributed by atoms with Gasteiger partial charge in [-0.15, -0.1) is 5.10 Å². The molecular weight excluding hydrogens is 308 g/mol. The minimum atomic E-state index is -0.881. The van der Waals surface area contributed by atoms with Gasteiger partial charge in [0.1, 0.15) is 11.5 Å². The van der Waals surface area contributed by atoms with Crippen LogP contribution < -0.4 is 11.2 Å². The van der Waals surface area contributed by atoms with Crippen molar-refractivity contribution in [1.29, 1.82) is 0 Å². The summed E-state index contributed by atoms with van der Waals surface area (Å²) in [4.78, 5) is 20.6. The minimum Gasteiger partial charge on any atom is -0.455 e. The number of nitro groups is 2. The number of nitrogens with one attached hydrogen (secondary N) is 1. The van der Waals surface area contributed by atoms with Gasteiger partial charge in [0.2, 0.25) is 0 Å². The average Bonchev–Trinajstić information content (AvgIpc) is 2.95. The number of hydrogen-bond acceptors (Lipinski definition) is 7. The molecule has 2 rings (SSSR count). The van der Waals surface area contributed by atoms with Gasteiger partial charge in [-0.05, 0) is 18.2 Å². The van der Waals surface area contributed by atoms with E-state index in [-0.39, 0.29) is 17.2 Å². The van der Waals surface area contributed by atoms with Gasteiger partial charge in [0.15, 0.2) is 5.03 Å². The third kappa shape index (κ3) is 4.10. The van der Waals surface area contributed by atoms with Gasteiger partial charge < -0.3 is 10.2 Å². The fraction of sp³-hybridized carbons (Fsp3) is 0. The molecule has 0 spiro atoms. The number of guanidine groups is 1. The zero-order valence-corrected chi connectivity index (χ0v) is 11.4. The van der Waals surface area contributed by atoms with Crippen LogP contribution in [-0.2, 0) is 0 Å². The lowest BCUT2D eigenvalue weighted by Gasteiger charge is -1.98. The average molecular weight is 318 g/mol. The van der Waals surface area contributed by atoms with Crippen molar-refractivity contribution in [3.05, 3.63) is 62.4 Å². The first-order valence-corrected chi connectivity index (χ1v) is 6.08. The van der Waals surface area contributed by atoms with Crippen LogP contribution in [0.4, 0.5) is 5.69 Å². The maximum Gasteiger partial charge on any atom is 0.280 e. The zero-order chi connectivity index (χ0) is 16.8. The Kier molecular flexibility index (Phi) is 4.62. The van der Waals surface area contributed by atoms with Gasteiger partial charge in [0.05, 0.1) is 16.7 Å². The first-order chi connectivity index (χ1) is 11.0. The summed E-state index contributed by atoms with van der Waals surface area (Å²) in [5.74, 6) is 0.0200. The number of rotatable bonds is 5. The maximum atomic E-state index is 11.0. The van der Waals surface area contributed by atoms with Crippen molar-refractivity contribution >= 4 is 17.9 Å². The lowest BCUT2D eigenvalue weighted by molar-refractivity contribution is -0.525. The van der Waals surface area contributed by atoms with Crippen LogP contribution in [-0.4, -0.2) is 22.1 Å². The van der Waals surface area contributed by atoms with E-state index in [4.69, 9.17) is 10.2 Å². The fourth-order valence-electron chi connectivity index (χ4n) is 1.67. The standard InChI is InChI=1S/C12H10N6O5/c13-12(16-18(21)22)15-14-7-8-5-6-11(23-8)9-3-1-2-4-10(9)17(19)20/h1-7H,(H3,13,15,16)/b14-7-. The zero-order valence-electron chi connectivity index (χ0n) is 11.4. The largest absolute Gasteiger partial charge is 0.455 e. The normalized spacial score (nSPS) is 11.6. The number of nitro benzene ring substituents is 1. The number of para-hydroxylation sites is 1. The Bertz CT molecular complexity index is 797. The Morgan fingerprint density at radius 2 is 1.96 bits per heavy atom. The Labute approximate surface area is 128 Å². The van der Waals surface area contributed by atoms with Crippen molar-refractivity contribution in [2.75, 3.05) is 0 Å². The molecule has 0 saturated heterocycles. The van der Waals surface area contributed by atoms with Crippen LogP contribution in [0.25, 0.3) is 11.3 Å². The lowest BCUT2D eigenvalue weighted by atomic mass is 10.1. The van der Waals surface area contributed by atoms with Gasteiger partial charge >= 0.3 is 0 Å². The minimum absolute atomic E-state index is 0.0946. The Morgan fingerprint density at radius 3 is 2.65 bits per heavy atom. The molecule has 3 N–H and O–H groups in total. The number of furan rings is 1. The third-order valence-corrected chi connectivity index (χ3v) is 2.55. The van der Waals surface area contributed by atoms with Crippen LogP contribution in [0.15, 0.2) is 51.0 Å². The van der Waals surface area contributed by atoms with Gasteiger partial charge in [-0.2, -0.15) is 5.10 Å². The van der Waals surface area contributed by atoms with Crippen molar-refractivity contribution in [3.63, 3.8) is 0 Å². The quantitative estimate of drug-likeness (QED) is 0.363. The second-order valence-electron chi connectivity index (χ2n) is 4.07. The van der Waals surface area contributed by atoms with Gasteiger partial charge in [-0.1, -0.05) is 17.6 Å². The highest BCUT2D eigenvalue weighted by Gasteiger charge is 2.16. The van der Waals surface area contributed by atoms with Gasteiger partial charge in [-0.3, -0.25) is 10.1 Å². The molecule has 0 aliphatic heterocycles. The Hall–Kier alpha value is -3.76. The molecule has 0 aliphatic rings. The summed E-state index contributed by atoms with van der Waals surface area (Å²) in [6, 6.07) is 9.16. The second-order valence-corrected chi connectivity index (χ2v) is 4.07. The molecule has 1 heterocycles. The van der Waals surface area contributed by atoms with Crippen LogP contribution in [0.5, 0.6) is 0 Å². The van der Waals surface area contributed by atoms with Crippen molar-refractivity contribution in [1.82, 2.24) is 5.43 Å². The van der Waals surface area contributed by atoms with E-state index in [9.17, 15) is 20.2 Å². The molecule has 11 nitrogen and oxygen atoms in total. The van der Waals surface area contributed by atoms with E-state index in [0.717, 1.165) is 6.21 Å². The molecule has 0 saturated carbocycles. The molecule has 118 valence electrons. The van der Waals surface area contributed by atoms with Crippen LogP contribution in [0.3, 0.4) is 0 Å². The fourth-order valence-corrected chi connectivity index (χ4v) is 1.67. The molecule has 0 fully saturated rings. The van der Waals surface area contributed by atoms with E-state index in [1.807, 2.05) is 0 Å². The van der Waals surface area contributed by atoms with Crippen molar-refractivity contribution < 1.29 is 14.4 Å². The van der Waals surface area contributed by atoms with Crippen LogP contribution in [0, 0.1) is 20.2 Å². The first-order valence-electron chi connectivity index (χ1n) is 6.08. The van der Waals surface area contributed by atoms with E-state index in [1.54, 1.807) is 23.6 Å². The van der Waals surface area contributed by atoms with E-state index in [2.05, 4.69) is 10.2 Å². The lowest BCUT2D eigenvalue weighted by Crippen LogP contribution is -2.35. The number of hydrogen-bond donors (Lipinski definition) is 2. The summed E-state index contributed by atoms with van der Waals surface area (Å²) < 4.78 is 5.41. The molecule has 2 aromatic rings. The number of nitrogens with two attached hydrogens (primary N) is 1. The first kappa shape index (κ1) is 15.6. The molecule has 0 amide bonds. The van der Waals surface area contributed by atoms with Gasteiger partial charge in [-0.25, -0.2) is 10.1 Å². The monoisotopic (exact) mass is 318 g/mol. The Balaban J connectivity index is 2.19. The maximum absolute atomic E-state index is 11.0. The molecule has 0 unspecified atom stereocenters. The molecule has 0 bridgehead atoms. The number of nitrogens with zero attached hydrogens (tertiary/aromatic N) is 4. The summed E-state index contributed by atoms with van der Waals surface area (Å²) in [5.41, 5.74) is 7.00. The van der Waals surface area contributed by atoms with E-state index in [1.165, 1.54) is 18.2 Å². The van der Waals surface area contributed by atoms with E-state index < -0.39 is 15.9 Å². The molecule has 23 heavy (non-hydrogen) atoms. The number of benzene rings is 1. The molecule has 0 atom stereocenters. The Morgan fingerprint density at radius 1 is 1.22 bits per heavy atom. The third-order valence-electron chi connectivity index (χ3n) is 2.55. The van der Waals surface area contributed by atoms with Gasteiger partial charge in [0, 0.05) is 6.07 Å². The molecule has 1 aromatic carbocycles. The predicted molar refractivity (Wildman–Crippen MR) is 80.1 cm³/mol. The topological polar surface area (TPSA) is 162 Å². The molecule has 11 heteroatoms. The van der Waals surface area contributed by atoms with E-state index >= 15 is 0 Å². The van der Waals surface area contributed by atoms with Crippen LogP contribution in [0.2, 0.25) is 0 Å². The molecular formula is C12H10N6O5. The second kappa shape index (κ2) is 6.80. The predicted octanol–water partition coefficient (Wildman–Crippen LogP) is 1.28. The summed E-state index contributed by atoms with van der Waals surface area (Å²) in [7, 11) is 0. The summed E-state index contributed by atoms with van der Waals surface area (Å²) in [6.07, 6.45) is 1.16. The molecule has 0 radical (unpaired) electrons. The molecule has 0 aliphatic carbocycles. The number of hydrazine groups is 1. The summed E-state index contributed by atoms with van der Waals surface area (Å²) in [6.45, 7) is 0.